The number of aromatic nitrogens is 2. The van der Waals surface area contributed by atoms with Crippen molar-refractivity contribution in [3.05, 3.63) is 31.4 Å². The van der Waals surface area contributed by atoms with Gasteiger partial charge in [0.1, 0.15) is 0 Å². The summed E-state index contributed by atoms with van der Waals surface area (Å²) in [6.45, 7) is 6.08. The van der Waals surface area contributed by atoms with E-state index < -0.39 is 0 Å². The summed E-state index contributed by atoms with van der Waals surface area (Å²) in [6, 6.07) is 0. The Hall–Kier alpha value is -0.388. The predicted octanol–water partition coefficient (Wildman–Crippen LogP) is 3.67. The van der Waals surface area contributed by atoms with Gasteiger partial charge in [0, 0.05) is 0 Å². The Morgan fingerprint density at radius 3 is 3.00 bits per heavy atom. The molecule has 1 rings (SSSR count). The second-order valence-corrected chi connectivity index (χ2v) is 7.93. The van der Waals surface area contributed by atoms with Crippen LogP contribution in [-0.2, 0) is 18.2 Å². The summed E-state index contributed by atoms with van der Waals surface area (Å²) in [7, 11) is 0. The van der Waals surface area contributed by atoms with Crippen LogP contribution in [0.3, 0.4) is 0 Å². The predicted molar refractivity (Wildman–Crippen MR) is 60.3 cm³/mol. The minimum absolute atomic E-state index is 0.319. The van der Waals surface area contributed by atoms with Crippen molar-refractivity contribution in [2.45, 2.75) is 43.4 Å². The van der Waals surface area contributed by atoms with Gasteiger partial charge in [-0.05, 0) is 0 Å². The first-order valence-corrected chi connectivity index (χ1v) is 8.38. The van der Waals surface area contributed by atoms with E-state index in [2.05, 4.69) is 27.9 Å². The molecule has 0 saturated heterocycles. The number of hydrogen-bond acceptors (Lipinski definition) is 1. The molecule has 1 heterocycles. The molecule has 0 bridgehead atoms. The van der Waals surface area contributed by atoms with Gasteiger partial charge in [0.25, 0.3) is 0 Å². The zero-order chi connectivity index (χ0) is 10.9. The van der Waals surface area contributed by atoms with Gasteiger partial charge in [0.2, 0.25) is 0 Å². The number of allylic oxidation sites excluding steroid dienone is 1. The van der Waals surface area contributed by atoms with E-state index in [-0.39, 0.29) is 18.2 Å². The Morgan fingerprint density at radius 1 is 1.53 bits per heavy atom. The third-order valence-corrected chi connectivity index (χ3v) is 6.37. The number of nitrogens with zero attached hydrogens (tertiary/aromatic N) is 2. The molecular weight excluding hydrogens is 358 g/mol. The monoisotopic (exact) mass is 379 g/mol. The molecule has 0 saturated carbocycles. The molecule has 1 unspecified atom stereocenters. The molecule has 0 aliphatic heterocycles. The SMILES string of the molecule is C=CCC[CH](CCCC)[Re][n]1ccnc1. The Balaban J connectivity index is 2.37. The van der Waals surface area contributed by atoms with Crippen molar-refractivity contribution in [2.75, 3.05) is 0 Å². The Labute approximate surface area is 101 Å². The Bertz CT molecular complexity index is 257. The van der Waals surface area contributed by atoms with Crippen molar-refractivity contribution in [2.24, 2.45) is 0 Å². The van der Waals surface area contributed by atoms with E-state index in [1.165, 1.54) is 32.1 Å². The van der Waals surface area contributed by atoms with Gasteiger partial charge in [0.05, 0.1) is 0 Å². The van der Waals surface area contributed by atoms with Crippen molar-refractivity contribution < 1.29 is 18.2 Å². The van der Waals surface area contributed by atoms with Crippen LogP contribution in [0, 0.1) is 0 Å². The first-order chi connectivity index (χ1) is 7.36. The van der Waals surface area contributed by atoms with Crippen LogP contribution in [0.1, 0.15) is 39.0 Å². The average Bonchev–Trinajstić information content (AvgIpc) is 2.74. The molecule has 1 aromatic heterocycles. The maximum atomic E-state index is 4.12. The molecule has 0 fully saturated rings. The summed E-state index contributed by atoms with van der Waals surface area (Å²) in [5.74, 6) is 0. The summed E-state index contributed by atoms with van der Waals surface area (Å²) in [5.41, 5.74) is 0. The van der Waals surface area contributed by atoms with E-state index in [0.29, 0.717) is 0 Å². The van der Waals surface area contributed by atoms with Crippen LogP contribution in [0.5, 0.6) is 0 Å². The molecule has 0 N–H and O–H groups in total. The molecule has 0 aliphatic carbocycles. The van der Waals surface area contributed by atoms with Gasteiger partial charge >= 0.3 is 101 Å². The molecular formula is C12H20N2Re. The first-order valence-electron chi connectivity index (χ1n) is 5.59. The van der Waals surface area contributed by atoms with Gasteiger partial charge in [-0.3, -0.25) is 0 Å². The molecule has 1 atom stereocenters. The molecule has 0 aliphatic rings. The molecule has 0 radical (unpaired) electrons. The number of unbranched alkanes of at least 4 members (excludes halogenated alkanes) is 1. The summed E-state index contributed by atoms with van der Waals surface area (Å²) in [5, 5.41) is 0. The van der Waals surface area contributed by atoms with Crippen molar-refractivity contribution in [3.8, 4) is 0 Å². The van der Waals surface area contributed by atoms with Gasteiger partial charge < -0.3 is 0 Å². The number of imidazole rings is 1. The molecule has 0 spiro atoms. The molecule has 0 aromatic carbocycles. The normalized spacial score (nSPS) is 12.6. The summed E-state index contributed by atoms with van der Waals surface area (Å²) >= 11 is -0.319. The van der Waals surface area contributed by atoms with Crippen molar-refractivity contribution in [1.29, 1.82) is 0 Å². The molecule has 15 heavy (non-hydrogen) atoms. The van der Waals surface area contributed by atoms with Crippen LogP contribution in [0.4, 0.5) is 0 Å². The van der Waals surface area contributed by atoms with E-state index in [0.717, 1.165) is 4.39 Å². The minimum atomic E-state index is -0.319. The van der Waals surface area contributed by atoms with Gasteiger partial charge in [0.15, 0.2) is 0 Å². The number of hydrogen-bond donors (Lipinski definition) is 0. The molecule has 3 heteroatoms. The van der Waals surface area contributed by atoms with Gasteiger partial charge in [-0.25, -0.2) is 0 Å². The summed E-state index contributed by atoms with van der Waals surface area (Å²) in [4.78, 5) is 4.12. The fraction of sp³-hybridized carbons (Fsp3) is 0.583. The topological polar surface area (TPSA) is 17.8 Å². The zero-order valence-electron chi connectivity index (χ0n) is 9.40. The van der Waals surface area contributed by atoms with Crippen LogP contribution in [0.2, 0.25) is 4.39 Å². The second kappa shape index (κ2) is 7.85. The van der Waals surface area contributed by atoms with Gasteiger partial charge in [-0.1, -0.05) is 0 Å². The van der Waals surface area contributed by atoms with Crippen LogP contribution in [0.15, 0.2) is 31.4 Å². The van der Waals surface area contributed by atoms with Gasteiger partial charge in [-0.15, -0.1) is 0 Å². The fourth-order valence-electron chi connectivity index (χ4n) is 1.43. The van der Waals surface area contributed by atoms with Crippen molar-refractivity contribution >= 4 is 0 Å². The fourth-order valence-corrected chi connectivity index (χ4v) is 5.06. The summed E-state index contributed by atoms with van der Waals surface area (Å²) < 4.78 is 3.26. The molecule has 1 aromatic rings. The average molecular weight is 379 g/mol. The van der Waals surface area contributed by atoms with E-state index >= 15 is 0 Å². The van der Waals surface area contributed by atoms with E-state index in [4.69, 9.17) is 0 Å². The molecule has 0 amide bonds. The van der Waals surface area contributed by atoms with E-state index in [9.17, 15) is 0 Å². The maximum absolute atomic E-state index is 4.12. The standard InChI is InChI=1S/C9H17.C3H3N2.Re/c1-3-5-7-9-8-6-4-2;1-2-5-3-4-1;/h3,9H,1,4-8H2,2H3;1-3H;/q;-1;+1. The molecule has 85 valence electrons. The van der Waals surface area contributed by atoms with Crippen LogP contribution >= 0.6 is 0 Å². The Kier molecular flexibility index (Phi) is 6.63. The summed E-state index contributed by atoms with van der Waals surface area (Å²) in [6.07, 6.45) is 14.6. The zero-order valence-corrected chi connectivity index (χ0v) is 12.1. The molecule has 2 nitrogen and oxygen atoms in total. The van der Waals surface area contributed by atoms with Crippen LogP contribution in [0.25, 0.3) is 0 Å². The van der Waals surface area contributed by atoms with Crippen LogP contribution < -0.4 is 0 Å². The van der Waals surface area contributed by atoms with Crippen molar-refractivity contribution in [3.63, 3.8) is 0 Å². The first kappa shape index (κ1) is 12.7. The third kappa shape index (κ3) is 5.30. The number of rotatable bonds is 8. The quantitative estimate of drug-likeness (QED) is 0.631. The Morgan fingerprint density at radius 2 is 2.40 bits per heavy atom. The van der Waals surface area contributed by atoms with E-state index in [1.807, 2.05) is 18.6 Å². The van der Waals surface area contributed by atoms with Crippen LogP contribution in [-0.4, -0.2) is 8.18 Å². The van der Waals surface area contributed by atoms with Crippen molar-refractivity contribution in [1.82, 2.24) is 8.18 Å². The second-order valence-electron chi connectivity index (χ2n) is 3.61. The van der Waals surface area contributed by atoms with Gasteiger partial charge in [-0.2, -0.15) is 0 Å². The van der Waals surface area contributed by atoms with E-state index in [1.54, 1.807) is 0 Å². The third-order valence-electron chi connectivity index (χ3n) is 2.28.